The smallest absolute Gasteiger partial charge is 0.314 e. The number of halogens is 1. The van der Waals surface area contributed by atoms with Crippen LogP contribution < -0.4 is 10.6 Å². The number of carbonyl (C=O) groups is 2. The summed E-state index contributed by atoms with van der Waals surface area (Å²) in [7, 11) is 0. The van der Waals surface area contributed by atoms with E-state index in [9.17, 15) is 9.59 Å². The molecule has 2 amide bonds. The summed E-state index contributed by atoms with van der Waals surface area (Å²) in [5, 5.41) is 5.62. The summed E-state index contributed by atoms with van der Waals surface area (Å²) < 4.78 is 0.889. The van der Waals surface area contributed by atoms with Crippen LogP contribution in [0.5, 0.6) is 0 Å². The molecule has 0 aliphatic carbocycles. The standard InChI is InChI=1S/C24H23IN2O2/c1-3-9-18-13-8-14-19(17-11-5-4-6-12-17)22(18)27-24(29)23(28)26-21-16(2)10-7-15-20(21)25/h4-8,10-15H,3,9H2,1-2H3,(H,26,28)(H,27,29). The third-order valence-corrected chi connectivity index (χ3v) is 5.56. The number of aryl methyl sites for hydroxylation is 2. The average molecular weight is 498 g/mol. The van der Waals surface area contributed by atoms with Gasteiger partial charge < -0.3 is 10.6 Å². The van der Waals surface area contributed by atoms with E-state index in [1.54, 1.807) is 0 Å². The van der Waals surface area contributed by atoms with Crippen molar-refractivity contribution in [1.29, 1.82) is 0 Å². The second-order valence-electron chi connectivity index (χ2n) is 6.80. The van der Waals surface area contributed by atoms with E-state index in [0.29, 0.717) is 11.4 Å². The van der Waals surface area contributed by atoms with Gasteiger partial charge in [0.2, 0.25) is 0 Å². The largest absolute Gasteiger partial charge is 0.317 e. The van der Waals surface area contributed by atoms with Crippen molar-refractivity contribution in [1.82, 2.24) is 0 Å². The van der Waals surface area contributed by atoms with Gasteiger partial charge in [-0.25, -0.2) is 0 Å². The van der Waals surface area contributed by atoms with Gasteiger partial charge in [0.1, 0.15) is 0 Å². The van der Waals surface area contributed by atoms with Gasteiger partial charge in [0, 0.05) is 9.13 Å². The highest BCUT2D eigenvalue weighted by atomic mass is 127. The Balaban J connectivity index is 1.90. The summed E-state index contributed by atoms with van der Waals surface area (Å²) in [6.45, 7) is 3.99. The molecule has 3 rings (SSSR count). The van der Waals surface area contributed by atoms with Gasteiger partial charge in [-0.05, 0) is 58.7 Å². The molecule has 0 unspecified atom stereocenters. The normalized spacial score (nSPS) is 10.4. The molecular formula is C24H23IN2O2. The van der Waals surface area contributed by atoms with Gasteiger partial charge >= 0.3 is 11.8 Å². The Bertz CT molecular complexity index is 1010. The highest BCUT2D eigenvalue weighted by molar-refractivity contribution is 14.1. The van der Waals surface area contributed by atoms with Crippen molar-refractivity contribution >= 4 is 45.8 Å². The van der Waals surface area contributed by atoms with Gasteiger partial charge in [-0.3, -0.25) is 9.59 Å². The highest BCUT2D eigenvalue weighted by Crippen LogP contribution is 2.32. The minimum atomic E-state index is -0.678. The lowest BCUT2D eigenvalue weighted by atomic mass is 9.97. The van der Waals surface area contributed by atoms with Crippen molar-refractivity contribution in [3.63, 3.8) is 0 Å². The van der Waals surface area contributed by atoms with E-state index in [1.165, 1.54) is 0 Å². The lowest BCUT2D eigenvalue weighted by Crippen LogP contribution is -2.30. The first-order valence-corrected chi connectivity index (χ1v) is 10.6. The molecule has 2 N–H and O–H groups in total. The van der Waals surface area contributed by atoms with E-state index in [0.717, 1.165) is 38.7 Å². The Morgan fingerprint density at radius 1 is 0.828 bits per heavy atom. The van der Waals surface area contributed by atoms with Gasteiger partial charge in [0.25, 0.3) is 0 Å². The number of hydrogen-bond donors (Lipinski definition) is 2. The first-order valence-electron chi connectivity index (χ1n) is 9.56. The van der Waals surface area contributed by atoms with Gasteiger partial charge in [-0.2, -0.15) is 0 Å². The molecule has 0 saturated carbocycles. The van der Waals surface area contributed by atoms with Crippen molar-refractivity contribution in [2.45, 2.75) is 26.7 Å². The molecule has 5 heteroatoms. The Labute approximate surface area is 184 Å². The Kier molecular flexibility index (Phi) is 7.04. The molecule has 148 valence electrons. The molecule has 3 aromatic carbocycles. The van der Waals surface area contributed by atoms with Crippen molar-refractivity contribution in [3.8, 4) is 11.1 Å². The predicted octanol–water partition coefficient (Wildman–Crippen LogP) is 5.80. The maximum absolute atomic E-state index is 12.8. The van der Waals surface area contributed by atoms with Crippen LogP contribution in [0.25, 0.3) is 11.1 Å². The fourth-order valence-corrected chi connectivity index (χ4v) is 3.98. The second-order valence-corrected chi connectivity index (χ2v) is 7.96. The first-order chi connectivity index (χ1) is 14.0. The van der Waals surface area contributed by atoms with E-state index in [-0.39, 0.29) is 0 Å². The quantitative estimate of drug-likeness (QED) is 0.345. The Hall–Kier alpha value is -2.67. The molecule has 4 nitrogen and oxygen atoms in total. The summed E-state index contributed by atoms with van der Waals surface area (Å²) in [6, 6.07) is 21.5. The molecule has 0 heterocycles. The number of hydrogen-bond acceptors (Lipinski definition) is 2. The van der Waals surface area contributed by atoms with E-state index in [2.05, 4.69) is 40.1 Å². The van der Waals surface area contributed by atoms with Crippen molar-refractivity contribution in [2.75, 3.05) is 10.6 Å². The van der Waals surface area contributed by atoms with Gasteiger partial charge in [-0.15, -0.1) is 0 Å². The van der Waals surface area contributed by atoms with Crippen LogP contribution in [-0.2, 0) is 16.0 Å². The number of amides is 2. The summed E-state index contributed by atoms with van der Waals surface area (Å²) in [4.78, 5) is 25.4. The number of nitrogens with one attached hydrogen (secondary N) is 2. The van der Waals surface area contributed by atoms with E-state index in [1.807, 2.05) is 73.7 Å². The van der Waals surface area contributed by atoms with Crippen molar-refractivity contribution < 1.29 is 9.59 Å². The summed E-state index contributed by atoms with van der Waals surface area (Å²) >= 11 is 2.15. The van der Waals surface area contributed by atoms with Crippen LogP contribution in [0.4, 0.5) is 11.4 Å². The van der Waals surface area contributed by atoms with Crippen LogP contribution in [0.2, 0.25) is 0 Å². The molecular weight excluding hydrogens is 475 g/mol. The molecule has 0 saturated heterocycles. The van der Waals surface area contributed by atoms with Crippen LogP contribution >= 0.6 is 22.6 Å². The monoisotopic (exact) mass is 498 g/mol. The molecule has 0 radical (unpaired) electrons. The lowest BCUT2D eigenvalue weighted by Gasteiger charge is -2.16. The molecule has 0 aliphatic rings. The summed E-state index contributed by atoms with van der Waals surface area (Å²) in [5.74, 6) is -1.35. The molecule has 29 heavy (non-hydrogen) atoms. The fourth-order valence-electron chi connectivity index (χ4n) is 3.21. The molecule has 0 fully saturated rings. The third kappa shape index (κ3) is 5.03. The topological polar surface area (TPSA) is 58.2 Å². The molecule has 0 atom stereocenters. The maximum atomic E-state index is 12.8. The number of rotatable bonds is 5. The Morgan fingerprint density at radius 2 is 1.48 bits per heavy atom. The second kappa shape index (κ2) is 9.69. The zero-order valence-electron chi connectivity index (χ0n) is 16.5. The average Bonchev–Trinajstić information content (AvgIpc) is 2.72. The molecule has 0 aliphatic heterocycles. The van der Waals surface area contributed by atoms with E-state index in [4.69, 9.17) is 0 Å². The first kappa shape index (κ1) is 21.0. The number of benzene rings is 3. The zero-order valence-corrected chi connectivity index (χ0v) is 18.6. The summed E-state index contributed by atoms with van der Waals surface area (Å²) in [6.07, 6.45) is 1.75. The molecule has 0 bridgehead atoms. The minimum Gasteiger partial charge on any atom is -0.317 e. The Morgan fingerprint density at radius 3 is 2.14 bits per heavy atom. The van der Waals surface area contributed by atoms with E-state index >= 15 is 0 Å². The molecule has 0 spiro atoms. The van der Waals surface area contributed by atoms with Crippen molar-refractivity contribution in [3.05, 3.63) is 81.4 Å². The number of anilines is 2. The maximum Gasteiger partial charge on any atom is 0.314 e. The van der Waals surface area contributed by atoms with Gasteiger partial charge in [-0.1, -0.05) is 74.0 Å². The predicted molar refractivity (Wildman–Crippen MR) is 127 cm³/mol. The van der Waals surface area contributed by atoms with Gasteiger partial charge in [0.05, 0.1) is 11.4 Å². The van der Waals surface area contributed by atoms with Crippen LogP contribution in [0, 0.1) is 10.5 Å². The number of para-hydroxylation sites is 2. The molecule has 0 aromatic heterocycles. The minimum absolute atomic E-state index is 0.665. The highest BCUT2D eigenvalue weighted by Gasteiger charge is 2.19. The van der Waals surface area contributed by atoms with Crippen LogP contribution in [0.15, 0.2) is 66.7 Å². The van der Waals surface area contributed by atoms with E-state index < -0.39 is 11.8 Å². The SMILES string of the molecule is CCCc1cccc(-c2ccccc2)c1NC(=O)C(=O)Nc1c(C)cccc1I. The fraction of sp³-hybridized carbons (Fsp3) is 0.167. The number of carbonyl (C=O) groups excluding carboxylic acids is 2. The van der Waals surface area contributed by atoms with Crippen LogP contribution in [0.3, 0.4) is 0 Å². The third-order valence-electron chi connectivity index (χ3n) is 4.66. The van der Waals surface area contributed by atoms with Crippen LogP contribution in [-0.4, -0.2) is 11.8 Å². The molecule has 3 aromatic rings. The van der Waals surface area contributed by atoms with Crippen LogP contribution in [0.1, 0.15) is 24.5 Å². The summed E-state index contributed by atoms with van der Waals surface area (Å²) in [5.41, 5.74) is 5.19. The van der Waals surface area contributed by atoms with Gasteiger partial charge in [0.15, 0.2) is 0 Å². The lowest BCUT2D eigenvalue weighted by molar-refractivity contribution is -0.133. The zero-order chi connectivity index (χ0) is 20.8. The van der Waals surface area contributed by atoms with Crippen molar-refractivity contribution in [2.24, 2.45) is 0 Å².